The zero-order valence-electron chi connectivity index (χ0n) is 12.4. The highest BCUT2D eigenvalue weighted by Crippen LogP contribution is 2.41. The van der Waals surface area contributed by atoms with Gasteiger partial charge < -0.3 is 9.84 Å². The van der Waals surface area contributed by atoms with Crippen LogP contribution in [0.3, 0.4) is 0 Å². The second-order valence-electron chi connectivity index (χ2n) is 5.77. The Morgan fingerprint density at radius 3 is 2.57 bits per heavy atom. The molecule has 0 saturated carbocycles. The average Bonchev–Trinajstić information content (AvgIpc) is 2.40. The van der Waals surface area contributed by atoms with Crippen molar-refractivity contribution in [2.75, 3.05) is 0 Å². The number of carbonyl (C=O) groups excluding carboxylic acids is 1. The Labute approximate surface area is 124 Å². The van der Waals surface area contributed by atoms with E-state index in [0.717, 1.165) is 27.8 Å². The van der Waals surface area contributed by atoms with Crippen LogP contribution >= 0.6 is 0 Å². The van der Waals surface area contributed by atoms with Gasteiger partial charge in [0.2, 0.25) is 0 Å². The highest BCUT2D eigenvalue weighted by Gasteiger charge is 2.30. The molecular weight excluding hydrogens is 264 g/mol. The molecule has 0 fully saturated rings. The summed E-state index contributed by atoms with van der Waals surface area (Å²) in [6, 6.07) is 9.54. The van der Waals surface area contributed by atoms with Gasteiger partial charge in [-0.15, -0.1) is 0 Å². The third-order valence-corrected chi connectivity index (χ3v) is 4.06. The van der Waals surface area contributed by atoms with Crippen molar-refractivity contribution in [2.45, 2.75) is 33.1 Å². The van der Waals surface area contributed by atoms with Crippen LogP contribution < -0.4 is 4.74 Å². The van der Waals surface area contributed by atoms with E-state index in [0.29, 0.717) is 12.2 Å². The molecule has 21 heavy (non-hydrogen) atoms. The van der Waals surface area contributed by atoms with Crippen molar-refractivity contribution < 1.29 is 14.6 Å². The first-order chi connectivity index (χ1) is 9.95. The number of aryl methyl sites for hydroxylation is 3. The second kappa shape index (κ2) is 4.92. The van der Waals surface area contributed by atoms with Crippen molar-refractivity contribution in [3.63, 3.8) is 0 Å². The Morgan fingerprint density at radius 1 is 1.10 bits per heavy atom. The van der Waals surface area contributed by atoms with Gasteiger partial charge in [0.15, 0.2) is 0 Å². The van der Waals surface area contributed by atoms with Crippen molar-refractivity contribution in [1.82, 2.24) is 0 Å². The van der Waals surface area contributed by atoms with Gasteiger partial charge in [-0.2, -0.15) is 0 Å². The number of carbonyl (C=O) groups is 1. The van der Waals surface area contributed by atoms with E-state index in [2.05, 4.69) is 6.07 Å². The maximum atomic E-state index is 11.9. The Kier molecular flexibility index (Phi) is 3.20. The van der Waals surface area contributed by atoms with Gasteiger partial charge in [0, 0.05) is 11.5 Å². The molecule has 1 N–H and O–H groups in total. The van der Waals surface area contributed by atoms with E-state index in [9.17, 15) is 9.90 Å². The van der Waals surface area contributed by atoms with Gasteiger partial charge in [0.1, 0.15) is 11.5 Å². The summed E-state index contributed by atoms with van der Waals surface area (Å²) >= 11 is 0. The van der Waals surface area contributed by atoms with E-state index in [4.69, 9.17) is 4.74 Å². The Hall–Kier alpha value is -2.29. The van der Waals surface area contributed by atoms with Crippen LogP contribution in [0.15, 0.2) is 30.3 Å². The first kappa shape index (κ1) is 13.7. The van der Waals surface area contributed by atoms with Crippen molar-refractivity contribution in [3.05, 3.63) is 58.1 Å². The van der Waals surface area contributed by atoms with Gasteiger partial charge in [0.05, 0.1) is 6.42 Å². The number of fused-ring (bicyclic) bond motifs is 1. The summed E-state index contributed by atoms with van der Waals surface area (Å²) in [7, 11) is 0. The van der Waals surface area contributed by atoms with E-state index in [1.165, 1.54) is 0 Å². The zero-order chi connectivity index (χ0) is 15.1. The largest absolute Gasteiger partial charge is 0.508 e. The lowest BCUT2D eigenvalue weighted by Crippen LogP contribution is -2.22. The predicted molar refractivity (Wildman–Crippen MR) is 80.9 cm³/mol. The van der Waals surface area contributed by atoms with Gasteiger partial charge in [-0.25, -0.2) is 0 Å². The first-order valence-electron chi connectivity index (χ1n) is 7.07. The molecule has 2 aromatic carbocycles. The highest BCUT2D eigenvalue weighted by molar-refractivity contribution is 5.78. The molecule has 3 nitrogen and oxygen atoms in total. The molecule has 1 aliphatic heterocycles. The summed E-state index contributed by atoms with van der Waals surface area (Å²) < 4.78 is 5.41. The molecule has 1 aliphatic rings. The highest BCUT2D eigenvalue weighted by atomic mass is 16.5. The quantitative estimate of drug-likeness (QED) is 0.640. The number of esters is 1. The number of phenols is 1. The van der Waals surface area contributed by atoms with Crippen molar-refractivity contribution in [3.8, 4) is 11.5 Å². The van der Waals surface area contributed by atoms with E-state index in [-0.39, 0.29) is 17.6 Å². The van der Waals surface area contributed by atoms with Crippen LogP contribution in [-0.2, 0) is 4.79 Å². The maximum absolute atomic E-state index is 11.9. The third kappa shape index (κ3) is 2.40. The fourth-order valence-electron chi connectivity index (χ4n) is 3.08. The summed E-state index contributed by atoms with van der Waals surface area (Å²) in [5.41, 5.74) is 5.15. The SMILES string of the molecule is Cc1cc(C)c2c(c1)OC(=O)CC2c1ccc(O)c(C)c1. The van der Waals surface area contributed by atoms with Gasteiger partial charge in [-0.05, 0) is 55.2 Å². The minimum Gasteiger partial charge on any atom is -0.508 e. The molecule has 2 aromatic rings. The number of ether oxygens (including phenoxy) is 1. The van der Waals surface area contributed by atoms with Crippen LogP contribution in [0.25, 0.3) is 0 Å². The summed E-state index contributed by atoms with van der Waals surface area (Å²) in [6.07, 6.45) is 0.334. The summed E-state index contributed by atoms with van der Waals surface area (Å²) in [5.74, 6) is 0.724. The van der Waals surface area contributed by atoms with E-state index in [1.54, 1.807) is 6.07 Å². The van der Waals surface area contributed by atoms with E-state index < -0.39 is 0 Å². The number of rotatable bonds is 1. The predicted octanol–water partition coefficient (Wildman–Crippen LogP) is 3.76. The fraction of sp³-hybridized carbons (Fsp3) is 0.278. The molecule has 108 valence electrons. The lowest BCUT2D eigenvalue weighted by atomic mass is 9.83. The molecule has 0 aromatic heterocycles. The van der Waals surface area contributed by atoms with Crippen LogP contribution in [0, 0.1) is 20.8 Å². The molecule has 0 spiro atoms. The molecule has 0 bridgehead atoms. The van der Waals surface area contributed by atoms with Crippen molar-refractivity contribution in [1.29, 1.82) is 0 Å². The van der Waals surface area contributed by atoms with Crippen LogP contribution in [0.4, 0.5) is 0 Å². The summed E-state index contributed by atoms with van der Waals surface area (Å²) in [5, 5.41) is 9.69. The van der Waals surface area contributed by atoms with Gasteiger partial charge in [0.25, 0.3) is 0 Å². The number of benzene rings is 2. The van der Waals surface area contributed by atoms with Crippen LogP contribution in [-0.4, -0.2) is 11.1 Å². The van der Waals surface area contributed by atoms with E-state index >= 15 is 0 Å². The normalized spacial score (nSPS) is 17.3. The molecule has 0 aliphatic carbocycles. The molecular formula is C18H18O3. The Morgan fingerprint density at radius 2 is 1.86 bits per heavy atom. The first-order valence-corrected chi connectivity index (χ1v) is 7.07. The molecule has 3 heteroatoms. The molecule has 1 heterocycles. The monoisotopic (exact) mass is 282 g/mol. The van der Waals surface area contributed by atoms with E-state index in [1.807, 2.05) is 39.0 Å². The molecule has 0 radical (unpaired) electrons. The van der Waals surface area contributed by atoms with Crippen molar-refractivity contribution >= 4 is 5.97 Å². The lowest BCUT2D eigenvalue weighted by Gasteiger charge is -2.27. The molecule has 1 unspecified atom stereocenters. The number of hydrogen-bond donors (Lipinski definition) is 1. The molecule has 0 saturated heterocycles. The number of hydrogen-bond acceptors (Lipinski definition) is 3. The topological polar surface area (TPSA) is 46.5 Å². The fourth-order valence-corrected chi connectivity index (χ4v) is 3.08. The van der Waals surface area contributed by atoms with Gasteiger partial charge in [-0.3, -0.25) is 4.79 Å². The van der Waals surface area contributed by atoms with Crippen molar-refractivity contribution in [2.24, 2.45) is 0 Å². The van der Waals surface area contributed by atoms with Gasteiger partial charge >= 0.3 is 5.97 Å². The number of aromatic hydroxyl groups is 1. The number of phenolic OH excluding ortho intramolecular Hbond substituents is 1. The second-order valence-corrected chi connectivity index (χ2v) is 5.77. The van der Waals surface area contributed by atoms with Crippen LogP contribution in [0.5, 0.6) is 11.5 Å². The maximum Gasteiger partial charge on any atom is 0.312 e. The van der Waals surface area contributed by atoms with Gasteiger partial charge in [-0.1, -0.05) is 18.2 Å². The molecule has 1 atom stereocenters. The zero-order valence-corrected chi connectivity index (χ0v) is 12.4. The molecule has 3 rings (SSSR count). The van der Waals surface area contributed by atoms with Crippen LogP contribution in [0.1, 0.15) is 40.2 Å². The minimum atomic E-state index is -0.205. The minimum absolute atomic E-state index is 0.0128. The Balaban J connectivity index is 2.16. The summed E-state index contributed by atoms with van der Waals surface area (Å²) in [6.45, 7) is 5.91. The molecule has 0 amide bonds. The summed E-state index contributed by atoms with van der Waals surface area (Å²) in [4.78, 5) is 11.9. The average molecular weight is 282 g/mol. The lowest BCUT2D eigenvalue weighted by molar-refractivity contribution is -0.135. The third-order valence-electron chi connectivity index (χ3n) is 4.06. The standard InChI is InChI=1S/C18H18O3/c1-10-6-12(3)18-14(9-17(20)21-16(18)7-10)13-4-5-15(19)11(2)8-13/h4-8,14,19H,9H2,1-3H3. The van der Waals surface area contributed by atoms with Crippen LogP contribution in [0.2, 0.25) is 0 Å². The Bertz CT molecular complexity index is 731. The smallest absolute Gasteiger partial charge is 0.312 e.